The van der Waals surface area contributed by atoms with Gasteiger partial charge in [0, 0.05) is 24.9 Å². The Bertz CT molecular complexity index is 696. The number of nitrogens with zero attached hydrogens (tertiary/aromatic N) is 3. The van der Waals surface area contributed by atoms with Crippen molar-refractivity contribution in [2.24, 2.45) is 7.05 Å². The summed E-state index contributed by atoms with van der Waals surface area (Å²) in [7, 11) is 1.73. The Kier molecular flexibility index (Phi) is 3.71. The Morgan fingerprint density at radius 1 is 1.50 bits per heavy atom. The van der Waals surface area contributed by atoms with Crippen molar-refractivity contribution < 1.29 is 9.72 Å². The number of benzene rings is 1. The lowest BCUT2D eigenvalue weighted by Gasteiger charge is -2.04. The van der Waals surface area contributed by atoms with Crippen LogP contribution in [0.1, 0.15) is 16.1 Å². The highest BCUT2D eigenvalue weighted by Gasteiger charge is 2.17. The molecule has 0 aliphatic carbocycles. The second-order valence-corrected chi connectivity index (χ2v) is 4.59. The van der Waals surface area contributed by atoms with Crippen molar-refractivity contribution in [3.63, 3.8) is 0 Å². The minimum atomic E-state index is -0.631. The highest BCUT2D eigenvalue weighted by molar-refractivity contribution is 6.32. The molecule has 2 rings (SSSR count). The van der Waals surface area contributed by atoms with E-state index in [0.29, 0.717) is 11.4 Å². The summed E-state index contributed by atoms with van der Waals surface area (Å²) in [6.45, 7) is 1.75. The molecule has 1 aromatic heterocycles. The van der Waals surface area contributed by atoms with Gasteiger partial charge in [0.25, 0.3) is 11.6 Å². The lowest BCUT2D eigenvalue weighted by Crippen LogP contribution is -2.12. The topological polar surface area (TPSA) is 90.1 Å². The zero-order valence-corrected chi connectivity index (χ0v) is 11.5. The largest absolute Gasteiger partial charge is 0.319 e. The van der Waals surface area contributed by atoms with Crippen LogP contribution in [0.15, 0.2) is 24.4 Å². The number of anilines is 1. The average Bonchev–Trinajstić information content (AvgIpc) is 2.67. The predicted octanol–water partition coefficient (Wildman–Crippen LogP) is 2.54. The molecular weight excluding hydrogens is 284 g/mol. The molecule has 7 nitrogen and oxygen atoms in total. The number of nitro benzene ring substituents is 1. The highest BCUT2D eigenvalue weighted by atomic mass is 35.5. The molecule has 8 heteroatoms. The molecule has 20 heavy (non-hydrogen) atoms. The van der Waals surface area contributed by atoms with Crippen LogP contribution >= 0.6 is 11.6 Å². The van der Waals surface area contributed by atoms with Gasteiger partial charge in [0.15, 0.2) is 0 Å². The van der Waals surface area contributed by atoms with E-state index in [1.54, 1.807) is 24.9 Å². The molecule has 1 aromatic carbocycles. The van der Waals surface area contributed by atoms with Gasteiger partial charge in [0.2, 0.25) is 0 Å². The number of amides is 1. The van der Waals surface area contributed by atoms with Gasteiger partial charge in [-0.15, -0.1) is 0 Å². The van der Waals surface area contributed by atoms with Crippen molar-refractivity contribution in [3.05, 3.63) is 50.8 Å². The molecule has 1 N–H and O–H groups in total. The number of aryl methyl sites for hydroxylation is 2. The van der Waals surface area contributed by atoms with Crippen molar-refractivity contribution >= 4 is 28.9 Å². The number of nitro groups is 1. The number of carbonyl (C=O) groups is 1. The van der Waals surface area contributed by atoms with E-state index in [9.17, 15) is 14.9 Å². The third kappa shape index (κ3) is 2.77. The van der Waals surface area contributed by atoms with Gasteiger partial charge < -0.3 is 5.32 Å². The summed E-state index contributed by atoms with van der Waals surface area (Å²) >= 11 is 5.70. The van der Waals surface area contributed by atoms with Gasteiger partial charge in [0.1, 0.15) is 5.02 Å². The first kappa shape index (κ1) is 14.0. The van der Waals surface area contributed by atoms with Gasteiger partial charge in [-0.25, -0.2) is 0 Å². The maximum absolute atomic E-state index is 12.0. The van der Waals surface area contributed by atoms with Crippen LogP contribution in [-0.4, -0.2) is 20.6 Å². The molecular formula is C12H11ClN4O3. The molecule has 0 fully saturated rings. The predicted molar refractivity (Wildman–Crippen MR) is 74.0 cm³/mol. The van der Waals surface area contributed by atoms with E-state index in [-0.39, 0.29) is 16.3 Å². The summed E-state index contributed by atoms with van der Waals surface area (Å²) in [4.78, 5) is 22.2. The smallest absolute Gasteiger partial charge is 0.288 e. The Hall–Kier alpha value is -2.41. The van der Waals surface area contributed by atoms with Crippen LogP contribution < -0.4 is 5.32 Å². The quantitative estimate of drug-likeness (QED) is 0.695. The molecule has 0 saturated carbocycles. The van der Waals surface area contributed by atoms with Crippen LogP contribution in [0.4, 0.5) is 11.4 Å². The monoisotopic (exact) mass is 294 g/mol. The van der Waals surface area contributed by atoms with Crippen molar-refractivity contribution in [1.29, 1.82) is 0 Å². The number of hydrogen-bond acceptors (Lipinski definition) is 4. The first-order chi connectivity index (χ1) is 9.38. The lowest BCUT2D eigenvalue weighted by atomic mass is 10.2. The van der Waals surface area contributed by atoms with Gasteiger partial charge >= 0.3 is 0 Å². The summed E-state index contributed by atoms with van der Waals surface area (Å²) < 4.78 is 1.56. The first-order valence-electron chi connectivity index (χ1n) is 5.64. The van der Waals surface area contributed by atoms with E-state index in [4.69, 9.17) is 11.6 Å². The number of rotatable bonds is 3. The van der Waals surface area contributed by atoms with E-state index in [1.807, 2.05) is 0 Å². The summed E-state index contributed by atoms with van der Waals surface area (Å²) in [6.07, 6.45) is 1.65. The van der Waals surface area contributed by atoms with Gasteiger partial charge in [-0.05, 0) is 19.1 Å². The second kappa shape index (κ2) is 5.30. The normalized spacial score (nSPS) is 10.3. The molecule has 0 spiro atoms. The SMILES string of the molecule is Cc1nn(C)cc1NC(=O)c1ccc(Cl)c([N+](=O)[O-])c1. The fourth-order valence-corrected chi connectivity index (χ4v) is 1.90. The summed E-state index contributed by atoms with van der Waals surface area (Å²) in [5.74, 6) is -0.458. The molecule has 0 radical (unpaired) electrons. The summed E-state index contributed by atoms with van der Waals surface area (Å²) in [6, 6.07) is 3.89. The average molecular weight is 295 g/mol. The van der Waals surface area contributed by atoms with E-state index >= 15 is 0 Å². The Labute approximate surface area is 119 Å². The standard InChI is InChI=1S/C12H11ClN4O3/c1-7-10(6-16(2)15-7)14-12(18)8-3-4-9(13)11(5-8)17(19)20/h3-6H,1-2H3,(H,14,18). The number of halogens is 1. The third-order valence-corrected chi connectivity index (χ3v) is 2.99. The number of carbonyl (C=O) groups excluding carboxylic acids is 1. The molecule has 0 aliphatic rings. The second-order valence-electron chi connectivity index (χ2n) is 4.18. The highest BCUT2D eigenvalue weighted by Crippen LogP contribution is 2.25. The molecule has 0 saturated heterocycles. The van der Waals surface area contributed by atoms with Crippen molar-refractivity contribution in [3.8, 4) is 0 Å². The van der Waals surface area contributed by atoms with E-state index in [1.165, 1.54) is 12.1 Å². The van der Waals surface area contributed by atoms with E-state index in [0.717, 1.165) is 6.07 Å². The molecule has 0 aliphatic heterocycles. The molecule has 0 unspecified atom stereocenters. The molecule has 1 heterocycles. The van der Waals surface area contributed by atoms with Gasteiger partial charge in [-0.3, -0.25) is 19.6 Å². The number of aromatic nitrogens is 2. The van der Waals surface area contributed by atoms with Crippen molar-refractivity contribution in [2.75, 3.05) is 5.32 Å². The lowest BCUT2D eigenvalue weighted by molar-refractivity contribution is -0.384. The molecule has 2 aromatic rings. The number of nitrogens with one attached hydrogen (secondary N) is 1. The Morgan fingerprint density at radius 3 is 2.75 bits per heavy atom. The van der Waals surface area contributed by atoms with Crippen LogP contribution in [0.2, 0.25) is 5.02 Å². The fraction of sp³-hybridized carbons (Fsp3) is 0.167. The fourth-order valence-electron chi connectivity index (χ4n) is 1.71. The minimum Gasteiger partial charge on any atom is -0.319 e. The van der Waals surface area contributed by atoms with Crippen LogP contribution in [0.3, 0.4) is 0 Å². The molecule has 0 bridgehead atoms. The Morgan fingerprint density at radius 2 is 2.20 bits per heavy atom. The van der Waals surface area contributed by atoms with Crippen LogP contribution in [0.25, 0.3) is 0 Å². The molecule has 104 valence electrons. The first-order valence-corrected chi connectivity index (χ1v) is 6.02. The third-order valence-electron chi connectivity index (χ3n) is 2.67. The van der Waals surface area contributed by atoms with Gasteiger partial charge in [-0.2, -0.15) is 5.10 Å². The minimum absolute atomic E-state index is 0.0101. The van der Waals surface area contributed by atoms with Crippen LogP contribution in [0, 0.1) is 17.0 Å². The maximum Gasteiger partial charge on any atom is 0.288 e. The Balaban J connectivity index is 2.28. The van der Waals surface area contributed by atoms with Crippen molar-refractivity contribution in [2.45, 2.75) is 6.92 Å². The van der Waals surface area contributed by atoms with Gasteiger partial charge in [0.05, 0.1) is 16.3 Å². The molecule has 1 amide bonds. The molecule has 0 atom stereocenters. The van der Waals surface area contributed by atoms with Crippen molar-refractivity contribution in [1.82, 2.24) is 9.78 Å². The zero-order chi connectivity index (χ0) is 14.9. The number of hydrogen-bond donors (Lipinski definition) is 1. The summed E-state index contributed by atoms with van der Waals surface area (Å²) in [5.41, 5.74) is 1.06. The van der Waals surface area contributed by atoms with E-state index < -0.39 is 10.8 Å². The van der Waals surface area contributed by atoms with Gasteiger partial charge in [-0.1, -0.05) is 11.6 Å². The van der Waals surface area contributed by atoms with E-state index in [2.05, 4.69) is 10.4 Å². The summed E-state index contributed by atoms with van der Waals surface area (Å²) in [5, 5.41) is 17.5. The van der Waals surface area contributed by atoms with Crippen LogP contribution in [-0.2, 0) is 7.05 Å². The van der Waals surface area contributed by atoms with Crippen LogP contribution in [0.5, 0.6) is 0 Å². The maximum atomic E-state index is 12.0. The zero-order valence-electron chi connectivity index (χ0n) is 10.8.